The van der Waals surface area contributed by atoms with Crippen LogP contribution in [0.1, 0.15) is 21.9 Å². The number of hydrogen-bond donors (Lipinski definition) is 3. The van der Waals surface area contributed by atoms with Gasteiger partial charge in [0.2, 0.25) is 0 Å². The van der Waals surface area contributed by atoms with E-state index in [9.17, 15) is 22.8 Å². The lowest BCUT2D eigenvalue weighted by Crippen LogP contribution is -2.23. The molecule has 0 saturated carbocycles. The molecule has 0 fully saturated rings. The van der Waals surface area contributed by atoms with E-state index in [2.05, 4.69) is 20.3 Å². The van der Waals surface area contributed by atoms with Gasteiger partial charge in [0.15, 0.2) is 0 Å². The number of nitrogens with zero attached hydrogens (tertiary/aromatic N) is 2. The summed E-state index contributed by atoms with van der Waals surface area (Å²) in [4.78, 5) is 35.6. The lowest BCUT2D eigenvalue weighted by atomic mass is 10.2. The summed E-state index contributed by atoms with van der Waals surface area (Å²) in [6.07, 6.45) is -4.48. The molecule has 3 heterocycles. The average molecular weight is 451 g/mol. The van der Waals surface area contributed by atoms with Gasteiger partial charge in [-0.25, -0.2) is 4.98 Å². The van der Waals surface area contributed by atoms with Crippen molar-refractivity contribution in [3.8, 4) is 5.69 Å². The Balaban J connectivity index is 1.43. The molecule has 2 aromatic carbocycles. The number of pyridine rings is 1. The van der Waals surface area contributed by atoms with Crippen LogP contribution in [-0.4, -0.2) is 25.4 Å². The quantitative estimate of drug-likeness (QED) is 0.383. The predicted octanol–water partition coefficient (Wildman–Crippen LogP) is 4.14. The fourth-order valence-corrected chi connectivity index (χ4v) is 3.64. The van der Waals surface area contributed by atoms with Crippen molar-refractivity contribution in [3.63, 3.8) is 0 Å². The molecule has 3 aromatic heterocycles. The van der Waals surface area contributed by atoms with Crippen LogP contribution in [-0.2, 0) is 12.7 Å². The SMILES string of the molecule is O=C(NCc1nc2ccccc2[nH]1)c1cc2ccc(=O)n(-c3ccc(C(F)(F)F)cc3)c2[nH]1. The van der Waals surface area contributed by atoms with Crippen LogP contribution in [0, 0.1) is 0 Å². The maximum absolute atomic E-state index is 12.9. The van der Waals surface area contributed by atoms with Crippen molar-refractivity contribution in [3.05, 3.63) is 94.2 Å². The number of nitrogens with one attached hydrogen (secondary N) is 3. The molecule has 5 rings (SSSR count). The summed E-state index contributed by atoms with van der Waals surface area (Å²) in [7, 11) is 0. The molecule has 7 nitrogen and oxygen atoms in total. The van der Waals surface area contributed by atoms with Crippen LogP contribution in [0.3, 0.4) is 0 Å². The molecule has 1 amide bonds. The van der Waals surface area contributed by atoms with E-state index in [0.717, 1.165) is 23.2 Å². The van der Waals surface area contributed by atoms with Crippen LogP contribution >= 0.6 is 0 Å². The number of carbonyl (C=O) groups is 1. The molecule has 0 bridgehead atoms. The number of H-pyrrole nitrogens is 2. The van der Waals surface area contributed by atoms with Gasteiger partial charge in [0.05, 0.1) is 28.8 Å². The molecule has 0 unspecified atom stereocenters. The molecule has 0 saturated heterocycles. The average Bonchev–Trinajstić information content (AvgIpc) is 3.41. The number of fused-ring (bicyclic) bond motifs is 2. The molecule has 0 atom stereocenters. The number of imidazole rings is 1. The number of aromatic amines is 2. The Labute approximate surface area is 183 Å². The highest BCUT2D eigenvalue weighted by molar-refractivity contribution is 5.97. The van der Waals surface area contributed by atoms with E-state index in [1.165, 1.54) is 22.8 Å². The Morgan fingerprint density at radius 2 is 1.76 bits per heavy atom. The first kappa shape index (κ1) is 20.6. The summed E-state index contributed by atoms with van der Waals surface area (Å²) in [6.45, 7) is 0.161. The van der Waals surface area contributed by atoms with Gasteiger partial charge in [0.1, 0.15) is 17.2 Å². The predicted molar refractivity (Wildman–Crippen MR) is 116 cm³/mol. The van der Waals surface area contributed by atoms with Gasteiger partial charge >= 0.3 is 6.18 Å². The molecule has 0 aliphatic heterocycles. The Morgan fingerprint density at radius 3 is 2.48 bits per heavy atom. The molecule has 33 heavy (non-hydrogen) atoms. The van der Waals surface area contributed by atoms with Crippen LogP contribution in [0.25, 0.3) is 27.8 Å². The van der Waals surface area contributed by atoms with E-state index in [4.69, 9.17) is 0 Å². The van der Waals surface area contributed by atoms with E-state index < -0.39 is 23.2 Å². The van der Waals surface area contributed by atoms with E-state index in [1.54, 1.807) is 12.1 Å². The number of para-hydroxylation sites is 2. The molecule has 0 spiro atoms. The highest BCUT2D eigenvalue weighted by atomic mass is 19.4. The van der Waals surface area contributed by atoms with Gasteiger partial charge < -0.3 is 15.3 Å². The minimum atomic E-state index is -4.48. The minimum Gasteiger partial charge on any atom is -0.344 e. The first-order valence-corrected chi connectivity index (χ1v) is 9.94. The zero-order valence-corrected chi connectivity index (χ0v) is 16.9. The third-order valence-corrected chi connectivity index (χ3v) is 5.23. The van der Waals surface area contributed by atoms with Crippen molar-refractivity contribution in [1.29, 1.82) is 0 Å². The zero-order chi connectivity index (χ0) is 23.2. The van der Waals surface area contributed by atoms with E-state index in [1.807, 2.05) is 24.3 Å². The Kier molecular flexibility index (Phi) is 4.77. The molecule has 10 heteroatoms. The summed E-state index contributed by atoms with van der Waals surface area (Å²) < 4.78 is 39.9. The first-order chi connectivity index (χ1) is 15.8. The number of benzene rings is 2. The van der Waals surface area contributed by atoms with E-state index in [-0.39, 0.29) is 17.9 Å². The highest BCUT2D eigenvalue weighted by Crippen LogP contribution is 2.30. The maximum Gasteiger partial charge on any atom is 0.416 e. The summed E-state index contributed by atoms with van der Waals surface area (Å²) in [6, 6.07) is 16.1. The largest absolute Gasteiger partial charge is 0.416 e. The Hall–Kier alpha value is -4.34. The summed E-state index contributed by atoms with van der Waals surface area (Å²) in [5, 5.41) is 3.32. The second-order valence-electron chi connectivity index (χ2n) is 7.42. The zero-order valence-electron chi connectivity index (χ0n) is 16.9. The molecule has 166 valence electrons. The summed E-state index contributed by atoms with van der Waals surface area (Å²) >= 11 is 0. The topological polar surface area (TPSA) is 95.6 Å². The van der Waals surface area contributed by atoms with Crippen molar-refractivity contribution >= 4 is 28.0 Å². The fourth-order valence-electron chi connectivity index (χ4n) is 3.64. The van der Waals surface area contributed by atoms with Crippen LogP contribution in [0.4, 0.5) is 13.2 Å². The molecular weight excluding hydrogens is 435 g/mol. The van der Waals surface area contributed by atoms with Gasteiger partial charge in [-0.15, -0.1) is 0 Å². The van der Waals surface area contributed by atoms with Crippen molar-refractivity contribution < 1.29 is 18.0 Å². The van der Waals surface area contributed by atoms with E-state index >= 15 is 0 Å². The van der Waals surface area contributed by atoms with Gasteiger partial charge in [0.25, 0.3) is 11.5 Å². The Bertz CT molecular complexity index is 1510. The van der Waals surface area contributed by atoms with Gasteiger partial charge in [0, 0.05) is 11.5 Å². The molecule has 0 aliphatic carbocycles. The van der Waals surface area contributed by atoms with Crippen molar-refractivity contribution in [2.75, 3.05) is 0 Å². The van der Waals surface area contributed by atoms with Crippen molar-refractivity contribution in [2.45, 2.75) is 12.7 Å². The van der Waals surface area contributed by atoms with Crippen molar-refractivity contribution in [2.24, 2.45) is 0 Å². The lowest BCUT2D eigenvalue weighted by molar-refractivity contribution is -0.137. The van der Waals surface area contributed by atoms with Gasteiger partial charge in [-0.2, -0.15) is 13.2 Å². The summed E-state index contributed by atoms with van der Waals surface area (Å²) in [5.74, 6) is 0.167. The standard InChI is InChI=1S/C23H16F3N5O2/c24-23(25,26)14-6-8-15(9-7-14)31-20(32)10-5-13-11-18(30-21(13)31)22(33)27-12-19-28-16-3-1-2-4-17(16)29-19/h1-11,30H,12H2,(H,27,33)(H,28,29). The number of hydrogen-bond acceptors (Lipinski definition) is 3. The minimum absolute atomic E-state index is 0.161. The number of alkyl halides is 3. The number of amides is 1. The van der Waals surface area contributed by atoms with Crippen LogP contribution in [0.2, 0.25) is 0 Å². The van der Waals surface area contributed by atoms with Crippen LogP contribution in [0.15, 0.2) is 71.5 Å². The normalized spacial score (nSPS) is 11.8. The van der Waals surface area contributed by atoms with Crippen LogP contribution in [0.5, 0.6) is 0 Å². The number of halogens is 3. The highest BCUT2D eigenvalue weighted by Gasteiger charge is 2.30. The lowest BCUT2D eigenvalue weighted by Gasteiger charge is -2.10. The summed E-state index contributed by atoms with van der Waals surface area (Å²) in [5.41, 5.74) is 1.13. The number of carbonyl (C=O) groups excluding carboxylic acids is 1. The smallest absolute Gasteiger partial charge is 0.344 e. The third-order valence-electron chi connectivity index (χ3n) is 5.23. The molecule has 0 aliphatic rings. The van der Waals surface area contributed by atoms with Gasteiger partial charge in [-0.3, -0.25) is 14.2 Å². The molecule has 5 aromatic rings. The number of aromatic nitrogens is 4. The molecule has 0 radical (unpaired) electrons. The van der Waals surface area contributed by atoms with Gasteiger partial charge in [-0.05, 0) is 48.5 Å². The van der Waals surface area contributed by atoms with Gasteiger partial charge in [-0.1, -0.05) is 12.1 Å². The van der Waals surface area contributed by atoms with E-state index in [0.29, 0.717) is 16.9 Å². The first-order valence-electron chi connectivity index (χ1n) is 9.94. The molecular formula is C23H16F3N5O2. The number of rotatable bonds is 4. The molecule has 3 N–H and O–H groups in total. The van der Waals surface area contributed by atoms with Crippen LogP contribution < -0.4 is 10.9 Å². The maximum atomic E-state index is 12.9. The third kappa shape index (κ3) is 3.86. The monoisotopic (exact) mass is 451 g/mol. The second-order valence-corrected chi connectivity index (χ2v) is 7.42. The Morgan fingerprint density at radius 1 is 1.00 bits per heavy atom. The second kappa shape index (κ2) is 7.66. The fraction of sp³-hybridized carbons (Fsp3) is 0.0870. The van der Waals surface area contributed by atoms with Crippen molar-refractivity contribution in [1.82, 2.24) is 24.8 Å².